The van der Waals surface area contributed by atoms with Crippen molar-refractivity contribution in [2.45, 2.75) is 39.5 Å². The maximum Gasteiger partial charge on any atom is 0.279 e. The highest BCUT2D eigenvalue weighted by Gasteiger charge is 2.23. The monoisotopic (exact) mass is 310 g/mol. The number of aromatic nitrogens is 4. The Bertz CT molecular complexity index is 862. The summed E-state index contributed by atoms with van der Waals surface area (Å²) in [7, 11) is 0. The van der Waals surface area contributed by atoms with Crippen LogP contribution in [0.15, 0.2) is 35.1 Å². The molecule has 3 rings (SSSR count). The van der Waals surface area contributed by atoms with Crippen LogP contribution in [-0.2, 0) is 0 Å². The van der Waals surface area contributed by atoms with E-state index in [0.717, 1.165) is 11.3 Å². The van der Waals surface area contributed by atoms with Gasteiger partial charge in [-0.05, 0) is 17.4 Å². The van der Waals surface area contributed by atoms with E-state index in [4.69, 9.17) is 4.98 Å². The molecule has 1 aromatic carbocycles. The lowest BCUT2D eigenvalue weighted by molar-refractivity contribution is 0.539. The van der Waals surface area contributed by atoms with Crippen LogP contribution in [0.1, 0.15) is 56.6 Å². The van der Waals surface area contributed by atoms with Gasteiger partial charge in [-0.3, -0.25) is 9.89 Å². The summed E-state index contributed by atoms with van der Waals surface area (Å²) < 4.78 is 0. The van der Waals surface area contributed by atoms with E-state index in [-0.39, 0.29) is 17.4 Å². The molecule has 120 valence electrons. The van der Waals surface area contributed by atoms with Gasteiger partial charge in [0.15, 0.2) is 5.52 Å². The van der Waals surface area contributed by atoms with Crippen molar-refractivity contribution in [3.8, 4) is 0 Å². The predicted octanol–water partition coefficient (Wildman–Crippen LogP) is 3.56. The lowest BCUT2D eigenvalue weighted by Gasteiger charge is -2.20. The highest BCUT2D eigenvalue weighted by molar-refractivity contribution is 5.76. The van der Waals surface area contributed by atoms with Crippen molar-refractivity contribution in [3.05, 3.63) is 57.8 Å². The summed E-state index contributed by atoms with van der Waals surface area (Å²) in [6, 6.07) is 10.2. The van der Waals surface area contributed by atoms with E-state index in [1.54, 1.807) is 0 Å². The van der Waals surface area contributed by atoms with E-state index in [2.05, 4.69) is 55.0 Å². The van der Waals surface area contributed by atoms with E-state index >= 15 is 0 Å². The zero-order valence-electron chi connectivity index (χ0n) is 13.9. The molecule has 0 aliphatic rings. The number of hydrogen-bond donors (Lipinski definition) is 2. The highest BCUT2D eigenvalue weighted by atomic mass is 16.1. The van der Waals surface area contributed by atoms with Crippen molar-refractivity contribution >= 4 is 11.0 Å². The summed E-state index contributed by atoms with van der Waals surface area (Å²) in [6.45, 7) is 8.40. The molecule has 3 aromatic rings. The Morgan fingerprint density at radius 3 is 2.30 bits per heavy atom. The quantitative estimate of drug-likeness (QED) is 0.773. The van der Waals surface area contributed by atoms with Crippen LogP contribution in [0, 0.1) is 5.92 Å². The van der Waals surface area contributed by atoms with Crippen molar-refractivity contribution < 1.29 is 0 Å². The number of nitrogens with zero attached hydrogens (tertiary/aromatic N) is 2. The molecule has 2 N–H and O–H groups in total. The van der Waals surface area contributed by atoms with Crippen molar-refractivity contribution in [2.75, 3.05) is 0 Å². The summed E-state index contributed by atoms with van der Waals surface area (Å²) in [6.07, 6.45) is 0. The minimum atomic E-state index is -0.185. The molecule has 0 bridgehead atoms. The molecular formula is C18H22N4O. The van der Waals surface area contributed by atoms with Crippen LogP contribution < -0.4 is 5.56 Å². The Morgan fingerprint density at radius 2 is 1.70 bits per heavy atom. The summed E-state index contributed by atoms with van der Waals surface area (Å²) in [5.41, 5.74) is 2.94. The van der Waals surface area contributed by atoms with Crippen LogP contribution in [-0.4, -0.2) is 20.2 Å². The zero-order valence-corrected chi connectivity index (χ0v) is 13.9. The molecule has 0 aliphatic carbocycles. The lowest BCUT2D eigenvalue weighted by atomic mass is 9.87. The molecule has 5 nitrogen and oxygen atoms in total. The number of hydrogen-bond acceptors (Lipinski definition) is 3. The Hall–Kier alpha value is -2.43. The van der Waals surface area contributed by atoms with Gasteiger partial charge in [0.05, 0.1) is 5.69 Å². The van der Waals surface area contributed by atoms with Crippen LogP contribution in [0.25, 0.3) is 11.0 Å². The van der Waals surface area contributed by atoms with Gasteiger partial charge in [0.2, 0.25) is 0 Å². The number of benzene rings is 1. The number of H-pyrrole nitrogens is 2. The lowest BCUT2D eigenvalue weighted by Crippen LogP contribution is -2.19. The molecule has 0 amide bonds. The Labute approximate surface area is 135 Å². The smallest absolute Gasteiger partial charge is 0.279 e. The number of nitrogens with one attached hydrogen (secondary N) is 2. The fourth-order valence-corrected chi connectivity index (χ4v) is 3.01. The van der Waals surface area contributed by atoms with Crippen LogP contribution in [0.4, 0.5) is 0 Å². The zero-order chi connectivity index (χ0) is 16.6. The summed E-state index contributed by atoms with van der Waals surface area (Å²) in [5, 5.41) is 7.08. The van der Waals surface area contributed by atoms with Crippen molar-refractivity contribution in [1.29, 1.82) is 0 Å². The third kappa shape index (κ3) is 2.79. The Balaban J connectivity index is 2.21. The van der Waals surface area contributed by atoms with Gasteiger partial charge in [-0.1, -0.05) is 58.0 Å². The van der Waals surface area contributed by atoms with E-state index in [0.29, 0.717) is 22.8 Å². The van der Waals surface area contributed by atoms with Crippen LogP contribution in [0.2, 0.25) is 0 Å². The van der Waals surface area contributed by atoms with E-state index in [1.807, 2.05) is 18.2 Å². The normalized spacial score (nSPS) is 13.1. The molecule has 0 saturated carbocycles. The molecular weight excluding hydrogens is 288 g/mol. The molecule has 0 aliphatic heterocycles. The fourth-order valence-electron chi connectivity index (χ4n) is 3.01. The molecule has 23 heavy (non-hydrogen) atoms. The van der Waals surface area contributed by atoms with Gasteiger partial charge in [-0.15, -0.1) is 0 Å². The second kappa shape index (κ2) is 5.99. The Kier molecular flexibility index (Phi) is 4.03. The molecule has 5 heteroatoms. The van der Waals surface area contributed by atoms with Gasteiger partial charge in [-0.25, -0.2) is 4.98 Å². The van der Waals surface area contributed by atoms with Crippen LogP contribution in [0.3, 0.4) is 0 Å². The summed E-state index contributed by atoms with van der Waals surface area (Å²) >= 11 is 0. The van der Waals surface area contributed by atoms with Gasteiger partial charge in [0.25, 0.3) is 5.56 Å². The Morgan fingerprint density at radius 1 is 1.00 bits per heavy atom. The van der Waals surface area contributed by atoms with Gasteiger partial charge >= 0.3 is 0 Å². The first-order valence-electron chi connectivity index (χ1n) is 8.02. The third-order valence-electron chi connectivity index (χ3n) is 4.15. The molecule has 0 saturated heterocycles. The largest absolute Gasteiger partial charge is 0.308 e. The first kappa shape index (κ1) is 15.5. The van der Waals surface area contributed by atoms with E-state index < -0.39 is 0 Å². The second-order valence-corrected chi connectivity index (χ2v) is 6.57. The first-order valence-corrected chi connectivity index (χ1v) is 8.02. The van der Waals surface area contributed by atoms with Crippen molar-refractivity contribution in [1.82, 2.24) is 20.2 Å². The van der Waals surface area contributed by atoms with Crippen LogP contribution in [0.5, 0.6) is 0 Å². The number of fused-ring (bicyclic) bond motifs is 1. The molecule has 2 aromatic heterocycles. The molecule has 1 atom stereocenters. The molecule has 0 spiro atoms. The second-order valence-electron chi connectivity index (χ2n) is 6.57. The van der Waals surface area contributed by atoms with Crippen molar-refractivity contribution in [2.24, 2.45) is 5.92 Å². The van der Waals surface area contributed by atoms with Gasteiger partial charge in [0, 0.05) is 5.92 Å². The standard InChI is InChI=1S/C18H22N4O/c1-10(2)13(12-8-6-5-7-9-12)17-19-15-14(11(3)4)21-22-16(15)18(23)20-17/h5-11,13H,1-4H3,(H,21,22)(H,19,20,23)/t13-/m1/s1. The maximum atomic E-state index is 12.4. The SMILES string of the molecule is CC(C)c1[nH]nc2c(=O)[nH]c([C@@H](c3ccccc3)C(C)C)nc12. The predicted molar refractivity (Wildman–Crippen MR) is 91.7 cm³/mol. The third-order valence-corrected chi connectivity index (χ3v) is 4.15. The van der Waals surface area contributed by atoms with Crippen LogP contribution >= 0.6 is 0 Å². The topological polar surface area (TPSA) is 74.4 Å². The van der Waals surface area contributed by atoms with E-state index in [1.165, 1.54) is 0 Å². The molecule has 2 heterocycles. The average Bonchev–Trinajstić information content (AvgIpc) is 2.93. The summed E-state index contributed by atoms with van der Waals surface area (Å²) in [4.78, 5) is 20.1. The average molecular weight is 310 g/mol. The van der Waals surface area contributed by atoms with E-state index in [9.17, 15) is 4.79 Å². The molecule has 0 unspecified atom stereocenters. The number of aromatic amines is 2. The minimum Gasteiger partial charge on any atom is -0.308 e. The maximum absolute atomic E-state index is 12.4. The number of rotatable bonds is 4. The van der Waals surface area contributed by atoms with Gasteiger partial charge in [-0.2, -0.15) is 5.10 Å². The molecule has 0 radical (unpaired) electrons. The minimum absolute atomic E-state index is 0.0446. The molecule has 0 fully saturated rings. The summed E-state index contributed by atoms with van der Waals surface area (Å²) in [5.74, 6) is 1.29. The first-order chi connectivity index (χ1) is 11.0. The fraction of sp³-hybridized carbons (Fsp3) is 0.389. The highest BCUT2D eigenvalue weighted by Crippen LogP contribution is 2.30. The van der Waals surface area contributed by atoms with Gasteiger partial charge in [0.1, 0.15) is 11.3 Å². The van der Waals surface area contributed by atoms with Gasteiger partial charge < -0.3 is 4.98 Å². The van der Waals surface area contributed by atoms with Crippen molar-refractivity contribution in [3.63, 3.8) is 0 Å².